The van der Waals surface area contributed by atoms with E-state index < -0.39 is 6.04 Å². The maximum Gasteiger partial charge on any atom is 0.249 e. The van der Waals surface area contributed by atoms with Crippen molar-refractivity contribution in [1.82, 2.24) is 10.3 Å². The van der Waals surface area contributed by atoms with Crippen LogP contribution in [0, 0.1) is 6.92 Å². The lowest BCUT2D eigenvalue weighted by atomic mass is 10.2. The minimum atomic E-state index is -0.513. The van der Waals surface area contributed by atoms with E-state index in [-0.39, 0.29) is 18.2 Å². The Balaban J connectivity index is 2.12. The number of aryl methyl sites for hydroxylation is 1. The van der Waals surface area contributed by atoms with Gasteiger partial charge in [0.1, 0.15) is 11.9 Å². The molecule has 0 aromatic carbocycles. The van der Waals surface area contributed by atoms with Gasteiger partial charge in [-0.15, -0.1) is 0 Å². The quantitative estimate of drug-likeness (QED) is 0.794. The van der Waals surface area contributed by atoms with Crippen LogP contribution >= 0.6 is 15.9 Å². The maximum absolute atomic E-state index is 11.3. The molecule has 0 spiro atoms. The molecule has 1 aliphatic rings. The molecule has 1 aliphatic heterocycles. The summed E-state index contributed by atoms with van der Waals surface area (Å²) in [5.41, 5.74) is 1.02. The predicted molar refractivity (Wildman–Crippen MR) is 61.9 cm³/mol. The molecule has 6 heteroatoms. The molecule has 1 fully saturated rings. The van der Waals surface area contributed by atoms with Gasteiger partial charge in [0.15, 0.2) is 0 Å². The van der Waals surface area contributed by atoms with E-state index in [1.54, 1.807) is 6.20 Å². The van der Waals surface area contributed by atoms with Crippen LogP contribution in [0.4, 0.5) is 5.82 Å². The number of nitrogens with one attached hydrogen (secondary N) is 2. The topological polar surface area (TPSA) is 71.1 Å². The predicted octanol–water partition coefficient (Wildman–Crippen LogP) is 0.980. The first-order valence-electron chi connectivity index (χ1n) is 4.78. The van der Waals surface area contributed by atoms with E-state index in [9.17, 15) is 9.59 Å². The van der Waals surface area contributed by atoms with Crippen LogP contribution in [0.25, 0.3) is 0 Å². The molecule has 5 nitrogen and oxygen atoms in total. The zero-order valence-corrected chi connectivity index (χ0v) is 10.2. The van der Waals surface area contributed by atoms with Crippen LogP contribution in [-0.2, 0) is 9.59 Å². The van der Waals surface area contributed by atoms with E-state index in [1.807, 2.05) is 13.0 Å². The minimum absolute atomic E-state index is 0.162. The third-order valence-corrected chi connectivity index (χ3v) is 3.17. The van der Waals surface area contributed by atoms with Crippen molar-refractivity contribution in [2.45, 2.75) is 19.4 Å². The SMILES string of the molecule is Cc1cc(NC2CC(=O)NC2=O)ncc1Br. The van der Waals surface area contributed by atoms with Crippen molar-refractivity contribution in [3.63, 3.8) is 0 Å². The van der Waals surface area contributed by atoms with E-state index in [2.05, 4.69) is 31.5 Å². The van der Waals surface area contributed by atoms with Crippen molar-refractivity contribution in [2.75, 3.05) is 5.32 Å². The highest BCUT2D eigenvalue weighted by molar-refractivity contribution is 9.10. The molecule has 0 radical (unpaired) electrons. The lowest BCUT2D eigenvalue weighted by Crippen LogP contribution is -2.30. The molecule has 84 valence electrons. The van der Waals surface area contributed by atoms with Crippen LogP contribution in [0.3, 0.4) is 0 Å². The largest absolute Gasteiger partial charge is 0.358 e. The van der Waals surface area contributed by atoms with E-state index >= 15 is 0 Å². The number of anilines is 1. The van der Waals surface area contributed by atoms with Gasteiger partial charge < -0.3 is 5.32 Å². The zero-order chi connectivity index (χ0) is 11.7. The fourth-order valence-electron chi connectivity index (χ4n) is 1.47. The number of hydrogen-bond acceptors (Lipinski definition) is 4. The smallest absolute Gasteiger partial charge is 0.249 e. The standard InChI is InChI=1S/C10H10BrN3O2/c1-5-2-8(12-4-6(5)11)13-7-3-9(15)14-10(7)16/h2,4,7H,3H2,1H3,(H,12,13)(H,14,15,16). The number of imide groups is 1. The average molecular weight is 284 g/mol. The lowest BCUT2D eigenvalue weighted by Gasteiger charge is -2.10. The minimum Gasteiger partial charge on any atom is -0.358 e. The number of nitrogens with zero attached hydrogens (tertiary/aromatic N) is 1. The lowest BCUT2D eigenvalue weighted by molar-refractivity contribution is -0.124. The third kappa shape index (κ3) is 2.21. The maximum atomic E-state index is 11.3. The Bertz CT molecular complexity index is 461. The van der Waals surface area contributed by atoms with Gasteiger partial charge in [0, 0.05) is 10.7 Å². The van der Waals surface area contributed by atoms with Crippen molar-refractivity contribution in [1.29, 1.82) is 0 Å². The Labute approximate surface area is 101 Å². The highest BCUT2D eigenvalue weighted by atomic mass is 79.9. The molecule has 1 saturated heterocycles. The van der Waals surface area contributed by atoms with E-state index in [4.69, 9.17) is 0 Å². The Kier molecular flexibility index (Phi) is 2.91. The molecule has 0 bridgehead atoms. The molecule has 0 aliphatic carbocycles. The van der Waals surface area contributed by atoms with Crippen molar-refractivity contribution < 1.29 is 9.59 Å². The normalized spacial score (nSPS) is 19.8. The van der Waals surface area contributed by atoms with Crippen LogP contribution < -0.4 is 10.6 Å². The summed E-state index contributed by atoms with van der Waals surface area (Å²) in [6.45, 7) is 1.93. The van der Waals surface area contributed by atoms with Gasteiger partial charge in [0.25, 0.3) is 0 Å². The summed E-state index contributed by atoms with van der Waals surface area (Å²) in [6.07, 6.45) is 1.82. The second-order valence-electron chi connectivity index (χ2n) is 3.63. The van der Waals surface area contributed by atoms with Crippen LogP contribution in [0.1, 0.15) is 12.0 Å². The molecule has 2 rings (SSSR count). The summed E-state index contributed by atoms with van der Waals surface area (Å²) in [5, 5.41) is 5.16. The van der Waals surface area contributed by atoms with E-state index in [1.165, 1.54) is 0 Å². The number of pyridine rings is 1. The first kappa shape index (κ1) is 11.1. The molecule has 2 heterocycles. The number of carbonyl (C=O) groups excluding carboxylic acids is 2. The summed E-state index contributed by atoms with van der Waals surface area (Å²) in [4.78, 5) is 26.4. The molecular formula is C10H10BrN3O2. The Morgan fingerprint density at radius 3 is 2.88 bits per heavy atom. The molecule has 1 aromatic heterocycles. The third-order valence-electron chi connectivity index (χ3n) is 2.34. The summed E-state index contributed by atoms with van der Waals surface area (Å²) in [5.74, 6) is 0.0410. The van der Waals surface area contributed by atoms with Gasteiger partial charge in [-0.1, -0.05) is 0 Å². The Morgan fingerprint density at radius 1 is 1.56 bits per heavy atom. The van der Waals surface area contributed by atoms with Gasteiger partial charge >= 0.3 is 0 Å². The van der Waals surface area contributed by atoms with Crippen LogP contribution in [-0.4, -0.2) is 22.8 Å². The van der Waals surface area contributed by atoms with Crippen molar-refractivity contribution >= 4 is 33.6 Å². The van der Waals surface area contributed by atoms with Gasteiger partial charge in [0.2, 0.25) is 11.8 Å². The van der Waals surface area contributed by atoms with Crippen LogP contribution in [0.2, 0.25) is 0 Å². The summed E-state index contributed by atoms with van der Waals surface area (Å²) in [6, 6.07) is 1.31. The summed E-state index contributed by atoms with van der Waals surface area (Å²) in [7, 11) is 0. The number of amides is 2. The fraction of sp³-hybridized carbons (Fsp3) is 0.300. The number of rotatable bonds is 2. The van der Waals surface area contributed by atoms with Crippen LogP contribution in [0.5, 0.6) is 0 Å². The summed E-state index contributed by atoms with van der Waals surface area (Å²) >= 11 is 3.34. The molecule has 0 saturated carbocycles. The monoisotopic (exact) mass is 283 g/mol. The van der Waals surface area contributed by atoms with E-state index in [0.717, 1.165) is 10.0 Å². The van der Waals surface area contributed by atoms with Crippen molar-refractivity contribution in [2.24, 2.45) is 0 Å². The van der Waals surface area contributed by atoms with Gasteiger partial charge in [-0.2, -0.15) is 0 Å². The molecule has 16 heavy (non-hydrogen) atoms. The van der Waals surface area contributed by atoms with Gasteiger partial charge in [-0.05, 0) is 34.5 Å². The molecule has 1 unspecified atom stereocenters. The van der Waals surface area contributed by atoms with Gasteiger partial charge in [-0.3, -0.25) is 14.9 Å². The van der Waals surface area contributed by atoms with Gasteiger partial charge in [0.05, 0.1) is 6.42 Å². The molecule has 2 amide bonds. The zero-order valence-electron chi connectivity index (χ0n) is 8.58. The molecule has 1 atom stereocenters. The molecule has 2 N–H and O–H groups in total. The Morgan fingerprint density at radius 2 is 2.31 bits per heavy atom. The number of hydrogen-bond donors (Lipinski definition) is 2. The first-order chi connectivity index (χ1) is 7.56. The highest BCUT2D eigenvalue weighted by Gasteiger charge is 2.30. The summed E-state index contributed by atoms with van der Waals surface area (Å²) < 4.78 is 0.907. The number of carbonyl (C=O) groups is 2. The highest BCUT2D eigenvalue weighted by Crippen LogP contribution is 2.18. The van der Waals surface area contributed by atoms with Crippen molar-refractivity contribution in [3.8, 4) is 0 Å². The first-order valence-corrected chi connectivity index (χ1v) is 5.58. The van der Waals surface area contributed by atoms with E-state index in [0.29, 0.717) is 5.82 Å². The molecular weight excluding hydrogens is 274 g/mol. The van der Waals surface area contributed by atoms with Gasteiger partial charge in [-0.25, -0.2) is 4.98 Å². The Hall–Kier alpha value is -1.43. The van der Waals surface area contributed by atoms with Crippen LogP contribution in [0.15, 0.2) is 16.7 Å². The second kappa shape index (κ2) is 4.21. The van der Waals surface area contributed by atoms with Crippen molar-refractivity contribution in [3.05, 3.63) is 22.3 Å². The average Bonchev–Trinajstić information content (AvgIpc) is 2.51. The number of halogens is 1. The second-order valence-corrected chi connectivity index (χ2v) is 4.49. The molecule has 1 aromatic rings. The fourth-order valence-corrected chi connectivity index (χ4v) is 1.68. The number of aromatic nitrogens is 1.